The van der Waals surface area contributed by atoms with Crippen LogP contribution in [0.5, 0.6) is 0 Å². The molecule has 1 aromatic carbocycles. The van der Waals surface area contributed by atoms with Crippen LogP contribution in [0.3, 0.4) is 0 Å². The van der Waals surface area contributed by atoms with E-state index in [1.54, 1.807) is 0 Å². The fourth-order valence-electron chi connectivity index (χ4n) is 2.36. The van der Waals surface area contributed by atoms with Crippen LogP contribution in [0.15, 0.2) is 24.3 Å². The number of aliphatic hydroxyl groups is 1. The van der Waals surface area contributed by atoms with Crippen molar-refractivity contribution in [3.8, 4) is 0 Å². The van der Waals surface area contributed by atoms with Crippen molar-refractivity contribution in [1.29, 1.82) is 0 Å². The van der Waals surface area contributed by atoms with Crippen LogP contribution in [0.2, 0.25) is 0 Å². The van der Waals surface area contributed by atoms with Crippen molar-refractivity contribution < 1.29 is 5.11 Å². The molecule has 1 N–H and O–H groups in total. The third-order valence-electron chi connectivity index (χ3n) is 3.84. The van der Waals surface area contributed by atoms with E-state index in [0.717, 1.165) is 32.5 Å². The van der Waals surface area contributed by atoms with Gasteiger partial charge in [0.15, 0.2) is 0 Å². The van der Waals surface area contributed by atoms with Crippen molar-refractivity contribution in [2.45, 2.75) is 32.8 Å². The fraction of sp³-hybridized carbons (Fsp3) is 0.600. The lowest BCUT2D eigenvalue weighted by Crippen LogP contribution is -2.43. The first kappa shape index (κ1) is 12.6. The third-order valence-corrected chi connectivity index (χ3v) is 3.84. The highest BCUT2D eigenvalue weighted by Crippen LogP contribution is 2.17. The van der Waals surface area contributed by atoms with Gasteiger partial charge in [-0.15, -0.1) is 0 Å². The number of aliphatic hydroxyl groups excluding tert-OH is 1. The summed E-state index contributed by atoms with van der Waals surface area (Å²) in [7, 11) is 0. The molecule has 0 radical (unpaired) electrons. The van der Waals surface area contributed by atoms with Crippen LogP contribution in [-0.2, 0) is 6.42 Å². The molecule has 0 aromatic heterocycles. The maximum absolute atomic E-state index is 9.84. The summed E-state index contributed by atoms with van der Waals surface area (Å²) < 4.78 is 0. The van der Waals surface area contributed by atoms with E-state index in [-0.39, 0.29) is 6.10 Å². The fourth-order valence-corrected chi connectivity index (χ4v) is 2.36. The lowest BCUT2D eigenvalue weighted by Gasteiger charge is -2.34. The van der Waals surface area contributed by atoms with Gasteiger partial charge in [-0.2, -0.15) is 0 Å². The molecule has 1 fully saturated rings. The molecule has 1 heterocycles. The lowest BCUT2D eigenvalue weighted by molar-refractivity contribution is 0.0298. The topological polar surface area (TPSA) is 23.5 Å². The molecular weight excluding hydrogens is 210 g/mol. The summed E-state index contributed by atoms with van der Waals surface area (Å²) in [6, 6.07) is 8.75. The molecule has 0 saturated carbocycles. The van der Waals surface area contributed by atoms with Crippen LogP contribution >= 0.6 is 0 Å². The summed E-state index contributed by atoms with van der Waals surface area (Å²) in [6.45, 7) is 7.29. The number of hydrogen-bond acceptors (Lipinski definition) is 2. The normalized spacial score (nSPS) is 26.1. The van der Waals surface area contributed by atoms with E-state index in [1.807, 2.05) is 0 Å². The van der Waals surface area contributed by atoms with Crippen LogP contribution in [-0.4, -0.2) is 35.7 Å². The minimum absolute atomic E-state index is 0.137. The smallest absolute Gasteiger partial charge is 0.0693 e. The molecule has 2 atom stereocenters. The zero-order chi connectivity index (χ0) is 12.3. The number of benzene rings is 1. The van der Waals surface area contributed by atoms with Gasteiger partial charge in [0.05, 0.1) is 6.10 Å². The molecule has 17 heavy (non-hydrogen) atoms. The second kappa shape index (κ2) is 5.65. The number of β-amino-alcohol motifs (C(OH)–C–C–N with tert-alkyl or cyclic N) is 1. The molecule has 0 bridgehead atoms. The second-order valence-corrected chi connectivity index (χ2v) is 5.37. The number of aryl methyl sites for hydroxylation is 1. The van der Waals surface area contributed by atoms with Crippen LogP contribution < -0.4 is 0 Å². The zero-order valence-corrected chi connectivity index (χ0v) is 10.9. The monoisotopic (exact) mass is 233 g/mol. The van der Waals surface area contributed by atoms with E-state index >= 15 is 0 Å². The van der Waals surface area contributed by atoms with Gasteiger partial charge >= 0.3 is 0 Å². The number of hydrogen-bond donors (Lipinski definition) is 1. The Morgan fingerprint density at radius 2 is 2.00 bits per heavy atom. The van der Waals surface area contributed by atoms with Gasteiger partial charge in [0.1, 0.15) is 0 Å². The Bertz CT molecular complexity index is 346. The van der Waals surface area contributed by atoms with Gasteiger partial charge in [-0.25, -0.2) is 0 Å². The maximum Gasteiger partial charge on any atom is 0.0693 e. The predicted octanol–water partition coefficient (Wildman–Crippen LogP) is 2.24. The molecule has 1 aliphatic rings. The van der Waals surface area contributed by atoms with Crippen molar-refractivity contribution in [2.75, 3.05) is 19.6 Å². The molecule has 94 valence electrons. The largest absolute Gasteiger partial charge is 0.392 e. The van der Waals surface area contributed by atoms with Gasteiger partial charge < -0.3 is 10.0 Å². The maximum atomic E-state index is 9.84. The Labute approximate surface area is 104 Å². The number of likely N-dealkylation sites (tertiary alicyclic amines) is 1. The number of piperidine rings is 1. The van der Waals surface area contributed by atoms with Crippen molar-refractivity contribution in [2.24, 2.45) is 5.92 Å². The molecule has 2 heteroatoms. The minimum Gasteiger partial charge on any atom is -0.392 e. The van der Waals surface area contributed by atoms with Gasteiger partial charge in [-0.1, -0.05) is 36.8 Å². The highest BCUT2D eigenvalue weighted by Gasteiger charge is 2.23. The molecule has 1 saturated heterocycles. The Morgan fingerprint density at radius 3 is 2.65 bits per heavy atom. The summed E-state index contributed by atoms with van der Waals surface area (Å²) in [5, 5.41) is 9.84. The average Bonchev–Trinajstić information content (AvgIpc) is 2.33. The summed E-state index contributed by atoms with van der Waals surface area (Å²) in [5.41, 5.74) is 2.71. The SMILES string of the molecule is Cc1ccc(CCN2CCC(C)C(O)C2)cc1. The Balaban J connectivity index is 1.80. The molecule has 2 rings (SSSR count). The number of rotatable bonds is 3. The Kier molecular flexibility index (Phi) is 4.19. The van der Waals surface area contributed by atoms with Crippen molar-refractivity contribution in [1.82, 2.24) is 4.90 Å². The van der Waals surface area contributed by atoms with Crippen molar-refractivity contribution in [3.63, 3.8) is 0 Å². The van der Waals surface area contributed by atoms with Crippen LogP contribution in [0.4, 0.5) is 0 Å². The highest BCUT2D eigenvalue weighted by atomic mass is 16.3. The molecule has 2 nitrogen and oxygen atoms in total. The predicted molar refractivity (Wildman–Crippen MR) is 71.1 cm³/mol. The third kappa shape index (κ3) is 3.55. The van der Waals surface area contributed by atoms with Gasteiger partial charge in [-0.05, 0) is 37.8 Å². The summed E-state index contributed by atoms with van der Waals surface area (Å²) in [6.07, 6.45) is 2.07. The van der Waals surface area contributed by atoms with E-state index in [9.17, 15) is 5.11 Å². The molecule has 0 aliphatic carbocycles. The summed E-state index contributed by atoms with van der Waals surface area (Å²) >= 11 is 0. The number of nitrogens with zero attached hydrogens (tertiary/aromatic N) is 1. The zero-order valence-electron chi connectivity index (χ0n) is 10.9. The van der Waals surface area contributed by atoms with E-state index in [4.69, 9.17) is 0 Å². The Hall–Kier alpha value is -0.860. The minimum atomic E-state index is -0.137. The standard InChI is InChI=1S/C15H23NO/c1-12-3-5-14(6-4-12)8-10-16-9-7-13(2)15(17)11-16/h3-6,13,15,17H,7-11H2,1-2H3. The van der Waals surface area contributed by atoms with E-state index in [0.29, 0.717) is 5.92 Å². The van der Waals surface area contributed by atoms with E-state index < -0.39 is 0 Å². The molecular formula is C15H23NO. The summed E-state index contributed by atoms with van der Waals surface area (Å²) in [5.74, 6) is 0.464. The first-order valence-corrected chi connectivity index (χ1v) is 6.61. The second-order valence-electron chi connectivity index (χ2n) is 5.37. The molecule has 0 amide bonds. The van der Waals surface area contributed by atoms with E-state index in [2.05, 4.69) is 43.0 Å². The first-order chi connectivity index (χ1) is 8.15. The van der Waals surface area contributed by atoms with Gasteiger partial charge in [0.2, 0.25) is 0 Å². The lowest BCUT2D eigenvalue weighted by atomic mass is 9.96. The molecule has 0 spiro atoms. The highest BCUT2D eigenvalue weighted by molar-refractivity contribution is 5.21. The summed E-state index contributed by atoms with van der Waals surface area (Å²) in [4.78, 5) is 2.38. The van der Waals surface area contributed by atoms with Crippen LogP contribution in [0, 0.1) is 12.8 Å². The van der Waals surface area contributed by atoms with Crippen molar-refractivity contribution >= 4 is 0 Å². The van der Waals surface area contributed by atoms with Crippen molar-refractivity contribution in [3.05, 3.63) is 35.4 Å². The van der Waals surface area contributed by atoms with Gasteiger partial charge in [0, 0.05) is 13.1 Å². The quantitative estimate of drug-likeness (QED) is 0.865. The van der Waals surface area contributed by atoms with Crippen LogP contribution in [0.1, 0.15) is 24.5 Å². The van der Waals surface area contributed by atoms with Crippen LogP contribution in [0.25, 0.3) is 0 Å². The van der Waals surface area contributed by atoms with E-state index in [1.165, 1.54) is 11.1 Å². The molecule has 1 aliphatic heterocycles. The van der Waals surface area contributed by atoms with Gasteiger partial charge in [0.25, 0.3) is 0 Å². The Morgan fingerprint density at radius 1 is 1.29 bits per heavy atom. The average molecular weight is 233 g/mol. The van der Waals surface area contributed by atoms with Gasteiger partial charge in [-0.3, -0.25) is 0 Å². The first-order valence-electron chi connectivity index (χ1n) is 6.61. The molecule has 2 unspecified atom stereocenters. The molecule has 1 aromatic rings.